The molecule has 1 aromatic rings. The summed E-state index contributed by atoms with van der Waals surface area (Å²) in [5.74, 6) is 0.658. The molecule has 2 rings (SSSR count). The van der Waals surface area contributed by atoms with Crippen LogP contribution in [0.2, 0.25) is 0 Å². The zero-order valence-corrected chi connectivity index (χ0v) is 9.70. The van der Waals surface area contributed by atoms with E-state index in [4.69, 9.17) is 5.73 Å². The molecule has 1 aromatic heterocycles. The molecule has 1 aliphatic carbocycles. The molecule has 0 bridgehead atoms. The molecule has 1 fully saturated rings. The molecule has 2 N–H and O–H groups in total. The Bertz CT molecular complexity index is 308. The van der Waals surface area contributed by atoms with Crippen molar-refractivity contribution in [2.24, 2.45) is 11.7 Å². The lowest BCUT2D eigenvalue weighted by Crippen LogP contribution is -2.19. The van der Waals surface area contributed by atoms with Crippen molar-refractivity contribution >= 4 is 15.9 Å². The maximum absolute atomic E-state index is 6.21. The smallest absolute Gasteiger partial charge is 0.0410 e. The molecule has 0 unspecified atom stereocenters. The lowest BCUT2D eigenvalue weighted by atomic mass is 9.94. The zero-order chi connectivity index (χ0) is 9.97. The van der Waals surface area contributed by atoms with Gasteiger partial charge in [0, 0.05) is 22.9 Å². The quantitative estimate of drug-likeness (QED) is 0.882. The third kappa shape index (κ3) is 2.15. The second-order valence-electron chi connectivity index (χ2n) is 4.01. The number of nitrogens with zero attached hydrogens (tertiary/aromatic N) is 1. The first-order chi connectivity index (χ1) is 6.77. The Morgan fingerprint density at radius 2 is 2.07 bits per heavy atom. The standard InChI is InChI=1S/C11H15BrN2/c12-10-5-9(6-14-7-10)11(13)8-3-1-2-4-8/h5-8,11H,1-4,13H2/t11-/m1/s1. The van der Waals surface area contributed by atoms with E-state index in [0.717, 1.165) is 10.0 Å². The first-order valence-electron chi connectivity index (χ1n) is 5.13. The van der Waals surface area contributed by atoms with Crippen LogP contribution < -0.4 is 5.73 Å². The molecule has 3 heteroatoms. The Labute approximate surface area is 93.0 Å². The number of pyridine rings is 1. The summed E-state index contributed by atoms with van der Waals surface area (Å²) >= 11 is 3.42. The fraction of sp³-hybridized carbons (Fsp3) is 0.545. The van der Waals surface area contributed by atoms with Crippen molar-refractivity contribution in [3.05, 3.63) is 28.5 Å². The highest BCUT2D eigenvalue weighted by Crippen LogP contribution is 2.34. The van der Waals surface area contributed by atoms with Crippen LogP contribution in [0, 0.1) is 5.92 Å². The molecule has 0 radical (unpaired) electrons. The highest BCUT2D eigenvalue weighted by atomic mass is 79.9. The minimum absolute atomic E-state index is 0.169. The molecular formula is C11H15BrN2. The lowest BCUT2D eigenvalue weighted by Gasteiger charge is -2.18. The number of aromatic nitrogens is 1. The van der Waals surface area contributed by atoms with Gasteiger partial charge in [0.2, 0.25) is 0 Å². The monoisotopic (exact) mass is 254 g/mol. The van der Waals surface area contributed by atoms with E-state index in [1.807, 2.05) is 6.20 Å². The SMILES string of the molecule is N[C@@H](c1cncc(Br)c1)C1CCCC1. The van der Waals surface area contributed by atoms with Gasteiger partial charge in [0.25, 0.3) is 0 Å². The molecule has 0 aliphatic heterocycles. The van der Waals surface area contributed by atoms with Crippen LogP contribution in [0.4, 0.5) is 0 Å². The van der Waals surface area contributed by atoms with Gasteiger partial charge >= 0.3 is 0 Å². The lowest BCUT2D eigenvalue weighted by molar-refractivity contribution is 0.444. The summed E-state index contributed by atoms with van der Waals surface area (Å²) in [6.45, 7) is 0. The Balaban J connectivity index is 2.13. The molecule has 0 saturated heterocycles. The summed E-state index contributed by atoms with van der Waals surface area (Å²) in [6, 6.07) is 2.25. The highest BCUT2D eigenvalue weighted by molar-refractivity contribution is 9.10. The summed E-state index contributed by atoms with van der Waals surface area (Å²) in [4.78, 5) is 4.15. The largest absolute Gasteiger partial charge is 0.324 e. The average molecular weight is 255 g/mol. The van der Waals surface area contributed by atoms with E-state index in [2.05, 4.69) is 27.0 Å². The van der Waals surface area contributed by atoms with Crippen molar-refractivity contribution < 1.29 is 0 Å². The van der Waals surface area contributed by atoms with E-state index in [1.165, 1.54) is 25.7 Å². The van der Waals surface area contributed by atoms with Gasteiger partial charge in [0.1, 0.15) is 0 Å². The van der Waals surface area contributed by atoms with Gasteiger partial charge in [-0.25, -0.2) is 0 Å². The van der Waals surface area contributed by atoms with Gasteiger partial charge in [0.05, 0.1) is 0 Å². The molecule has 0 aromatic carbocycles. The predicted molar refractivity (Wildman–Crippen MR) is 60.8 cm³/mol. The van der Waals surface area contributed by atoms with Crippen molar-refractivity contribution in [2.45, 2.75) is 31.7 Å². The molecular weight excluding hydrogens is 240 g/mol. The van der Waals surface area contributed by atoms with E-state index >= 15 is 0 Å². The van der Waals surface area contributed by atoms with Gasteiger partial charge < -0.3 is 5.73 Å². The van der Waals surface area contributed by atoms with Crippen molar-refractivity contribution in [3.63, 3.8) is 0 Å². The van der Waals surface area contributed by atoms with Crippen LogP contribution in [0.15, 0.2) is 22.9 Å². The molecule has 2 nitrogen and oxygen atoms in total. The van der Waals surface area contributed by atoms with E-state index < -0.39 is 0 Å². The summed E-state index contributed by atoms with van der Waals surface area (Å²) in [5, 5.41) is 0. The number of halogens is 1. The first-order valence-corrected chi connectivity index (χ1v) is 5.92. The Hall–Kier alpha value is -0.410. The maximum atomic E-state index is 6.21. The van der Waals surface area contributed by atoms with Crippen LogP contribution in [0.1, 0.15) is 37.3 Å². The molecule has 0 amide bonds. The molecule has 0 spiro atoms. The van der Waals surface area contributed by atoms with Gasteiger partial charge in [0.15, 0.2) is 0 Å². The van der Waals surface area contributed by atoms with Gasteiger partial charge in [-0.2, -0.15) is 0 Å². The summed E-state index contributed by atoms with van der Waals surface area (Å²) in [5.41, 5.74) is 7.37. The van der Waals surface area contributed by atoms with Gasteiger partial charge in [-0.3, -0.25) is 4.98 Å². The minimum Gasteiger partial charge on any atom is -0.324 e. The van der Waals surface area contributed by atoms with Crippen LogP contribution in [0.5, 0.6) is 0 Å². The van der Waals surface area contributed by atoms with Crippen LogP contribution in [-0.4, -0.2) is 4.98 Å². The first kappa shape index (κ1) is 10.1. The molecule has 14 heavy (non-hydrogen) atoms. The normalized spacial score (nSPS) is 19.9. The van der Waals surface area contributed by atoms with E-state index in [0.29, 0.717) is 5.92 Å². The van der Waals surface area contributed by atoms with Crippen LogP contribution in [0.25, 0.3) is 0 Å². The minimum atomic E-state index is 0.169. The summed E-state index contributed by atoms with van der Waals surface area (Å²) < 4.78 is 1.02. The fourth-order valence-corrected chi connectivity index (χ4v) is 2.58. The molecule has 1 atom stereocenters. The predicted octanol–water partition coefficient (Wildman–Crippen LogP) is 3.03. The van der Waals surface area contributed by atoms with Crippen LogP contribution in [0.3, 0.4) is 0 Å². The zero-order valence-electron chi connectivity index (χ0n) is 8.12. The third-order valence-electron chi connectivity index (χ3n) is 3.02. The van der Waals surface area contributed by atoms with E-state index in [1.54, 1.807) is 6.20 Å². The van der Waals surface area contributed by atoms with Gasteiger partial charge in [-0.15, -0.1) is 0 Å². The van der Waals surface area contributed by atoms with Crippen molar-refractivity contribution in [3.8, 4) is 0 Å². The van der Waals surface area contributed by atoms with Crippen LogP contribution in [-0.2, 0) is 0 Å². The Morgan fingerprint density at radius 3 is 2.71 bits per heavy atom. The second-order valence-corrected chi connectivity index (χ2v) is 4.92. The van der Waals surface area contributed by atoms with Gasteiger partial charge in [-0.05, 0) is 46.3 Å². The number of rotatable bonds is 2. The van der Waals surface area contributed by atoms with Gasteiger partial charge in [-0.1, -0.05) is 12.8 Å². The van der Waals surface area contributed by atoms with E-state index in [9.17, 15) is 0 Å². The topological polar surface area (TPSA) is 38.9 Å². The molecule has 76 valence electrons. The summed E-state index contributed by atoms with van der Waals surface area (Å²) in [7, 11) is 0. The van der Waals surface area contributed by atoms with E-state index in [-0.39, 0.29) is 6.04 Å². The van der Waals surface area contributed by atoms with Crippen LogP contribution >= 0.6 is 15.9 Å². The maximum Gasteiger partial charge on any atom is 0.0410 e. The highest BCUT2D eigenvalue weighted by Gasteiger charge is 2.23. The number of hydrogen-bond donors (Lipinski definition) is 1. The molecule has 1 heterocycles. The Kier molecular flexibility index (Phi) is 3.19. The molecule has 1 aliphatic rings. The summed E-state index contributed by atoms with van der Waals surface area (Å²) in [6.07, 6.45) is 8.89. The van der Waals surface area contributed by atoms with Crippen molar-refractivity contribution in [1.29, 1.82) is 0 Å². The Morgan fingerprint density at radius 1 is 1.36 bits per heavy atom. The fourth-order valence-electron chi connectivity index (χ4n) is 2.20. The average Bonchev–Trinajstić information content (AvgIpc) is 2.69. The number of hydrogen-bond acceptors (Lipinski definition) is 2. The molecule has 1 saturated carbocycles. The number of nitrogens with two attached hydrogens (primary N) is 1. The third-order valence-corrected chi connectivity index (χ3v) is 3.45. The second kappa shape index (κ2) is 4.41. The van der Waals surface area contributed by atoms with Crippen molar-refractivity contribution in [2.75, 3.05) is 0 Å². The van der Waals surface area contributed by atoms with Crippen molar-refractivity contribution in [1.82, 2.24) is 4.98 Å².